The molecule has 1 aromatic carbocycles. The Hall–Kier alpha value is -0.870. The second-order valence-corrected chi connectivity index (χ2v) is 6.12. The van der Waals surface area contributed by atoms with E-state index in [9.17, 15) is 9.90 Å². The van der Waals surface area contributed by atoms with E-state index < -0.39 is 0 Å². The van der Waals surface area contributed by atoms with Gasteiger partial charge in [0.2, 0.25) is 5.91 Å². The van der Waals surface area contributed by atoms with Gasteiger partial charge in [-0.1, -0.05) is 41.4 Å². The molecule has 0 bridgehead atoms. The number of aliphatic hydroxyl groups is 1. The van der Waals surface area contributed by atoms with Gasteiger partial charge in [-0.05, 0) is 37.0 Å². The predicted octanol–water partition coefficient (Wildman–Crippen LogP) is 2.76. The van der Waals surface area contributed by atoms with Gasteiger partial charge in [-0.25, -0.2) is 0 Å². The summed E-state index contributed by atoms with van der Waals surface area (Å²) >= 11 is 3.42. The normalized spacial score (nSPS) is 18.5. The van der Waals surface area contributed by atoms with Crippen molar-refractivity contribution in [2.24, 2.45) is 0 Å². The van der Waals surface area contributed by atoms with Gasteiger partial charge >= 0.3 is 0 Å². The van der Waals surface area contributed by atoms with Crippen LogP contribution in [0.3, 0.4) is 0 Å². The highest BCUT2D eigenvalue weighted by molar-refractivity contribution is 9.10. The Balaban J connectivity index is 2.18. The minimum atomic E-state index is -0.386. The molecule has 1 saturated carbocycles. The number of nitrogens with one attached hydrogen (secondary N) is 1. The zero-order valence-electron chi connectivity index (χ0n) is 11.2. The van der Waals surface area contributed by atoms with Gasteiger partial charge in [-0.2, -0.15) is 0 Å². The first-order valence-corrected chi connectivity index (χ1v) is 7.59. The summed E-state index contributed by atoms with van der Waals surface area (Å²) in [6.07, 6.45) is 3.61. The minimum absolute atomic E-state index is 0.00133. The summed E-state index contributed by atoms with van der Waals surface area (Å²) in [6.45, 7) is 1.97. The number of rotatable bonds is 5. The molecule has 2 rings (SSSR count). The SMILES string of the molecule is CCC(CO)NC(=O)C1(c2ccc(Br)cc2)CCC1. The van der Waals surface area contributed by atoms with Crippen molar-refractivity contribution in [1.82, 2.24) is 5.32 Å². The average molecular weight is 326 g/mol. The fourth-order valence-electron chi connectivity index (χ4n) is 2.55. The second kappa shape index (κ2) is 6.06. The average Bonchev–Trinajstić information content (AvgIpc) is 2.37. The summed E-state index contributed by atoms with van der Waals surface area (Å²) in [5.74, 6) is 0.0574. The van der Waals surface area contributed by atoms with Gasteiger partial charge in [0.25, 0.3) is 0 Å². The molecule has 0 aromatic heterocycles. The largest absolute Gasteiger partial charge is 0.394 e. The topological polar surface area (TPSA) is 49.3 Å². The monoisotopic (exact) mass is 325 g/mol. The van der Waals surface area contributed by atoms with Crippen molar-refractivity contribution in [2.75, 3.05) is 6.61 Å². The number of carbonyl (C=O) groups excluding carboxylic acids is 1. The number of amides is 1. The number of carbonyl (C=O) groups is 1. The summed E-state index contributed by atoms with van der Waals surface area (Å²) in [5, 5.41) is 12.2. The molecule has 1 amide bonds. The lowest BCUT2D eigenvalue weighted by molar-refractivity contribution is -0.131. The van der Waals surface area contributed by atoms with E-state index in [2.05, 4.69) is 21.2 Å². The molecular formula is C15H20BrNO2. The van der Waals surface area contributed by atoms with Gasteiger partial charge in [0.05, 0.1) is 18.1 Å². The Morgan fingerprint density at radius 2 is 2.05 bits per heavy atom. The lowest BCUT2D eigenvalue weighted by Gasteiger charge is -2.41. The first-order valence-electron chi connectivity index (χ1n) is 6.80. The van der Waals surface area contributed by atoms with Crippen LogP contribution in [-0.4, -0.2) is 23.7 Å². The lowest BCUT2D eigenvalue weighted by Crippen LogP contribution is -2.52. The van der Waals surface area contributed by atoms with Gasteiger partial charge < -0.3 is 10.4 Å². The summed E-state index contributed by atoms with van der Waals surface area (Å²) in [5.41, 5.74) is 0.691. The molecule has 4 heteroatoms. The van der Waals surface area contributed by atoms with Gasteiger partial charge in [0.1, 0.15) is 0 Å². The number of hydrogen-bond donors (Lipinski definition) is 2. The van der Waals surface area contributed by atoms with Gasteiger partial charge in [0.15, 0.2) is 0 Å². The summed E-state index contributed by atoms with van der Waals surface area (Å²) < 4.78 is 1.02. The molecule has 1 unspecified atom stereocenters. The molecule has 0 aliphatic heterocycles. The number of aliphatic hydroxyl groups excluding tert-OH is 1. The molecule has 1 atom stereocenters. The van der Waals surface area contributed by atoms with Crippen molar-refractivity contribution in [3.63, 3.8) is 0 Å². The highest BCUT2D eigenvalue weighted by atomic mass is 79.9. The van der Waals surface area contributed by atoms with Crippen LogP contribution in [0, 0.1) is 0 Å². The fraction of sp³-hybridized carbons (Fsp3) is 0.533. The first-order chi connectivity index (χ1) is 9.12. The first kappa shape index (κ1) is 14.5. The van der Waals surface area contributed by atoms with Crippen LogP contribution in [0.4, 0.5) is 0 Å². The number of benzene rings is 1. The minimum Gasteiger partial charge on any atom is -0.394 e. The molecule has 1 aliphatic rings. The van der Waals surface area contributed by atoms with Crippen molar-refractivity contribution in [2.45, 2.75) is 44.1 Å². The third-order valence-corrected chi connectivity index (χ3v) is 4.62. The van der Waals surface area contributed by atoms with E-state index >= 15 is 0 Å². The molecule has 0 spiro atoms. The number of halogens is 1. The van der Waals surface area contributed by atoms with Crippen LogP contribution in [0.2, 0.25) is 0 Å². The highest BCUT2D eigenvalue weighted by Gasteiger charge is 2.45. The van der Waals surface area contributed by atoms with Crippen molar-refractivity contribution in [1.29, 1.82) is 0 Å². The van der Waals surface area contributed by atoms with E-state index in [0.717, 1.165) is 35.7 Å². The van der Waals surface area contributed by atoms with Crippen molar-refractivity contribution in [3.8, 4) is 0 Å². The summed E-state index contributed by atoms with van der Waals surface area (Å²) in [4.78, 5) is 12.5. The molecule has 1 aromatic rings. The molecule has 3 nitrogen and oxygen atoms in total. The van der Waals surface area contributed by atoms with Crippen molar-refractivity contribution in [3.05, 3.63) is 34.3 Å². The maximum atomic E-state index is 12.5. The van der Waals surface area contributed by atoms with Crippen LogP contribution in [0.5, 0.6) is 0 Å². The maximum absolute atomic E-state index is 12.5. The quantitative estimate of drug-likeness (QED) is 0.874. The summed E-state index contributed by atoms with van der Waals surface area (Å²) in [7, 11) is 0. The van der Waals surface area contributed by atoms with Gasteiger partial charge in [-0.15, -0.1) is 0 Å². The van der Waals surface area contributed by atoms with Crippen LogP contribution in [-0.2, 0) is 10.2 Å². The van der Waals surface area contributed by atoms with E-state index in [1.807, 2.05) is 31.2 Å². The van der Waals surface area contributed by atoms with E-state index in [1.54, 1.807) is 0 Å². The molecule has 0 radical (unpaired) electrons. The standard InChI is InChI=1S/C15H20BrNO2/c1-2-13(10-18)17-14(19)15(8-3-9-15)11-4-6-12(16)7-5-11/h4-7,13,18H,2-3,8-10H2,1H3,(H,17,19). The van der Waals surface area contributed by atoms with Crippen molar-refractivity contribution >= 4 is 21.8 Å². The highest BCUT2D eigenvalue weighted by Crippen LogP contribution is 2.44. The smallest absolute Gasteiger partial charge is 0.230 e. The van der Waals surface area contributed by atoms with Gasteiger partial charge in [0, 0.05) is 4.47 Å². The Bertz CT molecular complexity index is 436. The fourth-order valence-corrected chi connectivity index (χ4v) is 2.81. The van der Waals surface area contributed by atoms with E-state index in [0.29, 0.717) is 0 Å². The maximum Gasteiger partial charge on any atom is 0.230 e. The van der Waals surface area contributed by atoms with Crippen LogP contribution in [0.15, 0.2) is 28.7 Å². The van der Waals surface area contributed by atoms with E-state index in [4.69, 9.17) is 0 Å². The predicted molar refractivity (Wildman–Crippen MR) is 79.0 cm³/mol. The second-order valence-electron chi connectivity index (χ2n) is 5.20. The third-order valence-electron chi connectivity index (χ3n) is 4.09. The molecular weight excluding hydrogens is 306 g/mol. The zero-order valence-corrected chi connectivity index (χ0v) is 12.7. The summed E-state index contributed by atoms with van der Waals surface area (Å²) in [6, 6.07) is 7.85. The molecule has 1 fully saturated rings. The van der Waals surface area contributed by atoms with Gasteiger partial charge in [-0.3, -0.25) is 4.79 Å². The lowest BCUT2D eigenvalue weighted by atomic mass is 9.63. The zero-order chi connectivity index (χ0) is 13.9. The van der Waals surface area contributed by atoms with E-state index in [-0.39, 0.29) is 24.0 Å². The molecule has 0 heterocycles. The third kappa shape index (κ3) is 2.84. The van der Waals surface area contributed by atoms with Crippen LogP contribution >= 0.6 is 15.9 Å². The van der Waals surface area contributed by atoms with E-state index in [1.165, 1.54) is 0 Å². The molecule has 1 aliphatic carbocycles. The van der Waals surface area contributed by atoms with Crippen LogP contribution in [0.25, 0.3) is 0 Å². The Labute approximate surface area is 122 Å². The van der Waals surface area contributed by atoms with Crippen molar-refractivity contribution < 1.29 is 9.90 Å². The molecule has 0 saturated heterocycles. The van der Waals surface area contributed by atoms with Crippen LogP contribution < -0.4 is 5.32 Å². The Morgan fingerprint density at radius 3 is 2.47 bits per heavy atom. The Kier molecular flexibility index (Phi) is 4.63. The number of hydrogen-bond acceptors (Lipinski definition) is 2. The van der Waals surface area contributed by atoms with Crippen LogP contribution in [0.1, 0.15) is 38.2 Å². The molecule has 19 heavy (non-hydrogen) atoms. The molecule has 2 N–H and O–H groups in total. The Morgan fingerprint density at radius 1 is 1.42 bits per heavy atom. The molecule has 104 valence electrons.